The van der Waals surface area contributed by atoms with Crippen molar-refractivity contribution in [3.63, 3.8) is 0 Å². The van der Waals surface area contributed by atoms with E-state index in [1.165, 1.54) is 5.57 Å². The van der Waals surface area contributed by atoms with Crippen LogP contribution < -0.4 is 0 Å². The summed E-state index contributed by atoms with van der Waals surface area (Å²) in [4.78, 5) is 25.9. The van der Waals surface area contributed by atoms with Crippen molar-refractivity contribution in [2.75, 3.05) is 6.61 Å². The largest absolute Gasteiger partial charge is 0.481 e. The second kappa shape index (κ2) is 10.1. The van der Waals surface area contributed by atoms with Gasteiger partial charge in [0.25, 0.3) is 0 Å². The summed E-state index contributed by atoms with van der Waals surface area (Å²) in [5, 5.41) is 41.3. The number of ether oxygens (including phenoxy) is 2. The Morgan fingerprint density at radius 1 is 0.930 bits per heavy atom. The van der Waals surface area contributed by atoms with Gasteiger partial charge in [-0.25, -0.2) is 0 Å². The molecule has 0 aromatic carbocycles. The minimum Gasteiger partial charge on any atom is -0.481 e. The van der Waals surface area contributed by atoms with Gasteiger partial charge in [-0.3, -0.25) is 4.79 Å². The van der Waals surface area contributed by atoms with Crippen LogP contribution in [0.4, 0.5) is 0 Å². The molecule has 0 radical (unpaired) electrons. The molecule has 6 aliphatic rings. The number of aliphatic hydroxyl groups is 3. The fraction of sp³-hybridized carbons (Fsp3) is 0.886. The monoisotopic (exact) mass is 602 g/mol. The van der Waals surface area contributed by atoms with Crippen LogP contribution in [0.25, 0.3) is 0 Å². The molecule has 4 N–H and O–H groups in total. The second-order valence-electron chi connectivity index (χ2n) is 17.1. The molecule has 0 aromatic heterocycles. The van der Waals surface area contributed by atoms with E-state index >= 15 is 0 Å². The van der Waals surface area contributed by atoms with Crippen LogP contribution in [0.5, 0.6) is 0 Å². The molecule has 6 rings (SSSR count). The molecule has 1 unspecified atom stereocenters. The third-order valence-electron chi connectivity index (χ3n) is 14.7. The Morgan fingerprint density at radius 3 is 2.30 bits per heavy atom. The van der Waals surface area contributed by atoms with E-state index in [2.05, 4.69) is 40.7 Å². The number of carboxylic acid groups (broad SMARTS) is 1. The Balaban J connectivity index is 1.32. The van der Waals surface area contributed by atoms with Gasteiger partial charge in [-0.2, -0.15) is 0 Å². The molecule has 13 atom stereocenters. The van der Waals surface area contributed by atoms with Crippen molar-refractivity contribution in [1.29, 1.82) is 0 Å². The molecule has 5 fully saturated rings. The van der Waals surface area contributed by atoms with Gasteiger partial charge in [0.05, 0.1) is 23.5 Å². The van der Waals surface area contributed by atoms with Gasteiger partial charge in [0, 0.05) is 0 Å². The highest BCUT2D eigenvalue weighted by atomic mass is 16.7. The summed E-state index contributed by atoms with van der Waals surface area (Å²) in [7, 11) is 0. The highest BCUT2D eigenvalue weighted by molar-refractivity contribution is 5.76. The van der Waals surface area contributed by atoms with Gasteiger partial charge in [-0.15, -0.1) is 0 Å². The van der Waals surface area contributed by atoms with Gasteiger partial charge < -0.3 is 34.7 Å². The number of hydrogen-bond donors (Lipinski definition) is 4. The number of aliphatic carboxylic acids is 1. The molecule has 8 heteroatoms. The van der Waals surface area contributed by atoms with Crippen molar-refractivity contribution in [2.24, 2.45) is 50.2 Å². The van der Waals surface area contributed by atoms with Gasteiger partial charge in [0.1, 0.15) is 24.6 Å². The van der Waals surface area contributed by atoms with Gasteiger partial charge in [0.2, 0.25) is 0 Å². The molecule has 242 valence electrons. The molecule has 5 aliphatic carbocycles. The Morgan fingerprint density at radius 2 is 1.63 bits per heavy atom. The minimum atomic E-state index is -1.39. The van der Waals surface area contributed by atoms with Crippen LogP contribution >= 0.6 is 0 Å². The topological polar surface area (TPSA) is 134 Å². The predicted octanol–water partition coefficient (Wildman–Crippen LogP) is 4.88. The van der Waals surface area contributed by atoms with E-state index in [1.807, 2.05) is 6.92 Å². The van der Waals surface area contributed by atoms with Crippen molar-refractivity contribution in [2.45, 2.75) is 136 Å². The first-order valence-electron chi connectivity index (χ1n) is 16.7. The normalized spacial score (nSPS) is 54.2. The van der Waals surface area contributed by atoms with E-state index < -0.39 is 47.5 Å². The average Bonchev–Trinajstić information content (AvgIpc) is 2.94. The SMILES string of the molecule is CC1(C)CC[C@]2(C(=O)O)CC[C@]3(C)C(=CC[C@@H]4[C@@]5(C)CC[C@H](O[C@@H]6OC[C@H](O)[C@H](O)[C@H]6O)C(C)(C=O)[C@@H]5CC[C@]43C)[C@@H]2C1. The minimum absolute atomic E-state index is 0.0189. The second-order valence-corrected chi connectivity index (χ2v) is 17.1. The zero-order chi connectivity index (χ0) is 31.4. The number of aliphatic hydroxyl groups excluding tert-OH is 3. The van der Waals surface area contributed by atoms with E-state index in [0.29, 0.717) is 12.3 Å². The summed E-state index contributed by atoms with van der Waals surface area (Å²) in [6, 6.07) is 0. The quantitative estimate of drug-likeness (QED) is 0.203. The summed E-state index contributed by atoms with van der Waals surface area (Å²) in [6.07, 6.45) is 6.47. The number of fused-ring (bicyclic) bond motifs is 7. The van der Waals surface area contributed by atoms with Gasteiger partial charge in [-0.1, -0.05) is 53.2 Å². The van der Waals surface area contributed by atoms with Crippen LogP contribution in [-0.2, 0) is 19.1 Å². The number of carbonyl (C=O) groups is 2. The van der Waals surface area contributed by atoms with Crippen molar-refractivity contribution in [1.82, 2.24) is 0 Å². The summed E-state index contributed by atoms with van der Waals surface area (Å²) in [5.41, 5.74) is -0.180. The molecule has 0 aromatic rings. The van der Waals surface area contributed by atoms with Crippen LogP contribution in [0.2, 0.25) is 0 Å². The van der Waals surface area contributed by atoms with Crippen LogP contribution in [0.3, 0.4) is 0 Å². The molecule has 1 saturated heterocycles. The fourth-order valence-corrected chi connectivity index (χ4v) is 11.8. The maximum atomic E-state index is 13.0. The van der Waals surface area contributed by atoms with E-state index in [9.17, 15) is 30.0 Å². The maximum absolute atomic E-state index is 13.0. The highest BCUT2D eigenvalue weighted by Gasteiger charge is 2.70. The zero-order valence-corrected chi connectivity index (χ0v) is 27.0. The molecule has 0 spiro atoms. The maximum Gasteiger partial charge on any atom is 0.310 e. The van der Waals surface area contributed by atoms with E-state index in [-0.39, 0.29) is 40.1 Å². The first kappa shape index (κ1) is 31.7. The van der Waals surface area contributed by atoms with Gasteiger partial charge >= 0.3 is 5.97 Å². The number of carboxylic acids is 1. The van der Waals surface area contributed by atoms with Crippen molar-refractivity contribution in [3.05, 3.63) is 11.6 Å². The van der Waals surface area contributed by atoms with E-state index in [0.717, 1.165) is 64.1 Å². The predicted molar refractivity (Wildman–Crippen MR) is 160 cm³/mol. The summed E-state index contributed by atoms with van der Waals surface area (Å²) < 4.78 is 11.9. The molecule has 0 bridgehead atoms. The summed E-state index contributed by atoms with van der Waals surface area (Å²) >= 11 is 0. The van der Waals surface area contributed by atoms with Gasteiger partial charge in [-0.05, 0) is 104 Å². The smallest absolute Gasteiger partial charge is 0.310 e. The summed E-state index contributed by atoms with van der Waals surface area (Å²) in [6.45, 7) is 13.7. The Hall–Kier alpha value is -1.32. The lowest BCUT2D eigenvalue weighted by molar-refractivity contribution is -0.305. The van der Waals surface area contributed by atoms with Crippen molar-refractivity contribution < 1.29 is 39.5 Å². The lowest BCUT2D eigenvalue weighted by Crippen LogP contribution is -2.66. The third kappa shape index (κ3) is 4.25. The summed E-state index contributed by atoms with van der Waals surface area (Å²) in [5.74, 6) is -0.140. The fourth-order valence-electron chi connectivity index (χ4n) is 11.8. The highest BCUT2D eigenvalue weighted by Crippen LogP contribution is 2.75. The van der Waals surface area contributed by atoms with E-state index in [1.54, 1.807) is 0 Å². The number of rotatable bonds is 4. The first-order chi connectivity index (χ1) is 20.0. The number of allylic oxidation sites excluding steroid dienone is 2. The van der Waals surface area contributed by atoms with Crippen molar-refractivity contribution >= 4 is 12.3 Å². The van der Waals surface area contributed by atoms with Crippen LogP contribution in [-0.4, -0.2) is 70.0 Å². The molecule has 8 nitrogen and oxygen atoms in total. The lowest BCUT2D eigenvalue weighted by Gasteiger charge is -2.71. The molecule has 1 heterocycles. The van der Waals surface area contributed by atoms with E-state index in [4.69, 9.17) is 9.47 Å². The Bertz CT molecular complexity index is 1180. The Labute approximate surface area is 256 Å². The number of aldehydes is 1. The van der Waals surface area contributed by atoms with Crippen LogP contribution in [0.1, 0.15) is 106 Å². The standard InChI is InChI=1S/C35H54O8/c1-30(2)13-15-35(29(40)41)16-14-33(5)20(21(35)17-30)7-8-24-31(3)11-10-25(43-28-27(39)26(38)22(37)18-42-28)32(4,19-36)23(31)9-12-34(24,33)6/h7,19,21-28,37-39H,8-18H2,1-6H3,(H,40,41)/t21-,22-,23+,24+,25-,26-,27+,28-,31-,32?,33+,34+,35-/m0/s1. The van der Waals surface area contributed by atoms with Gasteiger partial charge in [0.15, 0.2) is 6.29 Å². The Kier molecular flexibility index (Phi) is 7.43. The molecule has 0 amide bonds. The van der Waals surface area contributed by atoms with Crippen LogP contribution in [0, 0.1) is 50.2 Å². The molecule has 43 heavy (non-hydrogen) atoms. The molecular weight excluding hydrogens is 548 g/mol. The zero-order valence-electron chi connectivity index (χ0n) is 27.0. The number of carbonyl (C=O) groups excluding carboxylic acids is 1. The van der Waals surface area contributed by atoms with Crippen LogP contribution in [0.15, 0.2) is 11.6 Å². The molecular formula is C35H54O8. The molecule has 1 aliphatic heterocycles. The van der Waals surface area contributed by atoms with Crippen molar-refractivity contribution in [3.8, 4) is 0 Å². The average molecular weight is 603 g/mol. The number of hydrogen-bond acceptors (Lipinski definition) is 7. The third-order valence-corrected chi connectivity index (χ3v) is 14.7. The molecule has 4 saturated carbocycles. The first-order valence-corrected chi connectivity index (χ1v) is 16.7. The lowest BCUT2D eigenvalue weighted by atomic mass is 9.33.